The van der Waals surface area contributed by atoms with Crippen LogP contribution in [0.15, 0.2) is 45.9 Å². The highest BCUT2D eigenvalue weighted by atomic mass is 79.9. The van der Waals surface area contributed by atoms with Gasteiger partial charge in [-0.15, -0.1) is 0 Å². The Morgan fingerprint density at radius 3 is 2.44 bits per heavy atom. The fraction of sp³-hybridized carbons (Fsp3) is 0.368. The number of hydrogen-bond acceptors (Lipinski definition) is 4. The molecule has 0 aliphatic carbocycles. The normalized spacial score (nSPS) is 11.1. The number of nitrogens with zero attached hydrogens (tertiary/aromatic N) is 5. The van der Waals surface area contributed by atoms with Gasteiger partial charge in [-0.3, -0.25) is 9.59 Å². The Balaban J connectivity index is 1.90. The maximum atomic E-state index is 12.8. The molecule has 0 aliphatic heterocycles. The first-order valence-electron chi connectivity index (χ1n) is 9.02. The Morgan fingerprint density at radius 1 is 1.15 bits per heavy atom. The summed E-state index contributed by atoms with van der Waals surface area (Å²) < 4.78 is 3.64. The Kier molecular flexibility index (Phi) is 6.05. The molecule has 0 saturated heterocycles. The molecule has 0 N–H and O–H groups in total. The van der Waals surface area contributed by atoms with Gasteiger partial charge >= 0.3 is 0 Å². The number of benzene rings is 1. The van der Waals surface area contributed by atoms with Gasteiger partial charge in [0.1, 0.15) is 18.4 Å². The van der Waals surface area contributed by atoms with Crippen molar-refractivity contribution in [2.45, 2.75) is 33.2 Å². The molecule has 0 fully saturated rings. The first kappa shape index (κ1) is 19.3. The lowest BCUT2D eigenvalue weighted by Gasteiger charge is -2.21. The second kappa shape index (κ2) is 8.47. The van der Waals surface area contributed by atoms with Crippen molar-refractivity contribution in [1.82, 2.24) is 24.3 Å². The van der Waals surface area contributed by atoms with E-state index in [4.69, 9.17) is 0 Å². The fourth-order valence-electron chi connectivity index (χ4n) is 2.94. The maximum Gasteiger partial charge on any atom is 0.293 e. The molecular weight excluding hydrogens is 410 g/mol. The number of halogens is 1. The number of rotatable bonds is 7. The lowest BCUT2D eigenvalue weighted by Crippen LogP contribution is -2.38. The number of hydrogen-bond donors (Lipinski definition) is 0. The van der Waals surface area contributed by atoms with Crippen molar-refractivity contribution in [2.75, 3.05) is 13.1 Å². The zero-order valence-corrected chi connectivity index (χ0v) is 17.0. The molecule has 2 heterocycles. The van der Waals surface area contributed by atoms with Crippen molar-refractivity contribution in [3.8, 4) is 11.3 Å². The molecule has 27 heavy (non-hydrogen) atoms. The topological polar surface area (TPSA) is 72.5 Å². The summed E-state index contributed by atoms with van der Waals surface area (Å²) in [4.78, 5) is 27.1. The van der Waals surface area contributed by atoms with Crippen molar-refractivity contribution in [2.24, 2.45) is 0 Å². The average Bonchev–Trinajstić information content (AvgIpc) is 3.09. The van der Waals surface area contributed by atoms with Gasteiger partial charge in [-0.05, 0) is 31.0 Å². The van der Waals surface area contributed by atoms with E-state index in [9.17, 15) is 9.59 Å². The van der Waals surface area contributed by atoms with E-state index in [2.05, 4.69) is 26.1 Å². The summed E-state index contributed by atoms with van der Waals surface area (Å²) in [6.45, 7) is 5.37. The number of carbonyl (C=O) groups excluding carboxylic acids is 1. The van der Waals surface area contributed by atoms with Gasteiger partial charge in [-0.1, -0.05) is 41.9 Å². The fourth-order valence-corrected chi connectivity index (χ4v) is 3.21. The summed E-state index contributed by atoms with van der Waals surface area (Å²) in [6, 6.07) is 9.42. The third kappa shape index (κ3) is 4.27. The predicted molar refractivity (Wildman–Crippen MR) is 108 cm³/mol. The first-order valence-corrected chi connectivity index (χ1v) is 9.82. The highest BCUT2D eigenvalue weighted by Gasteiger charge is 2.16. The Morgan fingerprint density at radius 2 is 1.81 bits per heavy atom. The minimum Gasteiger partial charge on any atom is -0.341 e. The minimum atomic E-state index is -0.324. The van der Waals surface area contributed by atoms with Crippen LogP contribution in [0.4, 0.5) is 0 Å². The molecule has 142 valence electrons. The molecule has 0 spiro atoms. The second-order valence-electron chi connectivity index (χ2n) is 6.34. The van der Waals surface area contributed by atoms with E-state index in [-0.39, 0.29) is 18.0 Å². The second-order valence-corrected chi connectivity index (χ2v) is 7.26. The highest BCUT2D eigenvalue weighted by Crippen LogP contribution is 2.20. The van der Waals surface area contributed by atoms with Gasteiger partial charge in [-0.25, -0.2) is 9.20 Å². The van der Waals surface area contributed by atoms with Gasteiger partial charge in [0.05, 0.1) is 5.69 Å². The predicted octanol–water partition coefficient (Wildman–Crippen LogP) is 2.97. The van der Waals surface area contributed by atoms with Gasteiger partial charge in [0, 0.05) is 23.1 Å². The lowest BCUT2D eigenvalue weighted by molar-refractivity contribution is -0.132. The average molecular weight is 432 g/mol. The monoisotopic (exact) mass is 431 g/mol. The molecule has 0 saturated carbocycles. The van der Waals surface area contributed by atoms with E-state index in [1.807, 2.05) is 38.1 Å². The van der Waals surface area contributed by atoms with E-state index < -0.39 is 0 Å². The first-order chi connectivity index (χ1) is 13.0. The van der Waals surface area contributed by atoms with E-state index >= 15 is 0 Å². The molecule has 3 rings (SSSR count). The molecule has 7 nitrogen and oxygen atoms in total. The van der Waals surface area contributed by atoms with Crippen LogP contribution in [0, 0.1) is 0 Å². The van der Waals surface area contributed by atoms with Crippen LogP contribution in [-0.4, -0.2) is 43.3 Å². The molecule has 1 amide bonds. The zero-order valence-electron chi connectivity index (χ0n) is 15.4. The van der Waals surface area contributed by atoms with Crippen LogP contribution in [0.25, 0.3) is 16.8 Å². The number of carbonyl (C=O) groups is 1. The van der Waals surface area contributed by atoms with Crippen LogP contribution in [0.1, 0.15) is 26.7 Å². The summed E-state index contributed by atoms with van der Waals surface area (Å²) in [7, 11) is 0. The van der Waals surface area contributed by atoms with Crippen LogP contribution in [0.2, 0.25) is 0 Å². The highest BCUT2D eigenvalue weighted by molar-refractivity contribution is 9.10. The van der Waals surface area contributed by atoms with Crippen LogP contribution in [0.3, 0.4) is 0 Å². The molecule has 0 unspecified atom stereocenters. The Hall–Kier alpha value is -2.48. The van der Waals surface area contributed by atoms with Gasteiger partial charge in [0.25, 0.3) is 5.56 Å². The number of aromatic nitrogens is 4. The van der Waals surface area contributed by atoms with Crippen molar-refractivity contribution in [3.63, 3.8) is 0 Å². The van der Waals surface area contributed by atoms with E-state index in [0.29, 0.717) is 24.3 Å². The van der Waals surface area contributed by atoms with Crippen LogP contribution >= 0.6 is 15.9 Å². The number of fused-ring (bicyclic) bond motifs is 1. The summed E-state index contributed by atoms with van der Waals surface area (Å²) in [6.07, 6.45) is 3.23. The Bertz CT molecular complexity index is 987. The quantitative estimate of drug-likeness (QED) is 0.576. The molecule has 2 aromatic heterocycles. The van der Waals surface area contributed by atoms with Crippen molar-refractivity contribution < 1.29 is 4.79 Å². The summed E-state index contributed by atoms with van der Waals surface area (Å²) in [5.41, 5.74) is 1.66. The molecule has 0 bridgehead atoms. The van der Waals surface area contributed by atoms with E-state index in [1.165, 1.54) is 15.5 Å². The molecule has 0 radical (unpaired) electrons. The Labute approximate surface area is 165 Å². The van der Waals surface area contributed by atoms with E-state index in [0.717, 1.165) is 22.9 Å². The zero-order chi connectivity index (χ0) is 19.4. The van der Waals surface area contributed by atoms with Gasteiger partial charge in [0.15, 0.2) is 0 Å². The smallest absolute Gasteiger partial charge is 0.293 e. The molecule has 1 aromatic carbocycles. The standard InChI is InChI=1S/C19H22BrN5O2/c1-3-9-23(10-4-2)18(26)12-24-19(27)17-11-16(22-25(17)13-21-24)14-5-7-15(20)8-6-14/h5-8,11,13H,3-4,9-10,12H2,1-2H3. The largest absolute Gasteiger partial charge is 0.341 e. The van der Waals surface area contributed by atoms with Crippen molar-refractivity contribution >= 4 is 27.4 Å². The molecular formula is C19H22BrN5O2. The summed E-state index contributed by atoms with van der Waals surface area (Å²) in [5.74, 6) is -0.0923. The maximum absolute atomic E-state index is 12.8. The lowest BCUT2D eigenvalue weighted by atomic mass is 10.1. The minimum absolute atomic E-state index is 0.0614. The van der Waals surface area contributed by atoms with Crippen LogP contribution < -0.4 is 5.56 Å². The third-order valence-electron chi connectivity index (χ3n) is 4.25. The molecule has 0 atom stereocenters. The van der Waals surface area contributed by atoms with Crippen molar-refractivity contribution in [3.05, 3.63) is 51.5 Å². The van der Waals surface area contributed by atoms with Gasteiger partial charge in [-0.2, -0.15) is 10.2 Å². The van der Waals surface area contributed by atoms with Crippen LogP contribution in [0.5, 0.6) is 0 Å². The van der Waals surface area contributed by atoms with E-state index in [1.54, 1.807) is 11.0 Å². The van der Waals surface area contributed by atoms with Crippen molar-refractivity contribution in [1.29, 1.82) is 0 Å². The molecule has 0 aliphatic rings. The summed E-state index contributed by atoms with van der Waals surface area (Å²) in [5, 5.41) is 8.54. The van der Waals surface area contributed by atoms with Gasteiger partial charge < -0.3 is 4.90 Å². The van der Waals surface area contributed by atoms with Crippen LogP contribution in [-0.2, 0) is 11.3 Å². The third-order valence-corrected chi connectivity index (χ3v) is 4.78. The number of amides is 1. The van der Waals surface area contributed by atoms with Gasteiger partial charge in [0.2, 0.25) is 5.91 Å². The molecule has 8 heteroatoms. The molecule has 3 aromatic rings. The summed E-state index contributed by atoms with van der Waals surface area (Å²) >= 11 is 3.41. The SMILES string of the molecule is CCCN(CCC)C(=O)Cn1ncn2nc(-c3ccc(Br)cc3)cc2c1=O.